The zero-order chi connectivity index (χ0) is 22.6. The van der Waals surface area contributed by atoms with Gasteiger partial charge in [0.05, 0.1) is 0 Å². The smallest absolute Gasteiger partial charge is 0.138 e. The molecule has 0 heterocycles. The molecule has 174 valence electrons. The van der Waals surface area contributed by atoms with E-state index in [1.807, 2.05) is 6.92 Å². The molecule has 5 aliphatic rings. The van der Waals surface area contributed by atoms with E-state index >= 15 is 0 Å². The first kappa shape index (κ1) is 22.1. The lowest BCUT2D eigenvalue weighted by atomic mass is 9.32. The van der Waals surface area contributed by atoms with Crippen molar-refractivity contribution in [2.24, 2.45) is 56.7 Å². The van der Waals surface area contributed by atoms with E-state index in [0.29, 0.717) is 57.4 Å². The minimum absolute atomic E-state index is 0.164. The molecule has 5 aliphatic carbocycles. The van der Waals surface area contributed by atoms with Crippen LogP contribution in [0.25, 0.3) is 0 Å². The molecule has 0 aromatic heterocycles. The van der Waals surface area contributed by atoms with Crippen molar-refractivity contribution in [3.05, 3.63) is 0 Å². The quantitative estimate of drug-likeness (QED) is 0.442. The highest BCUT2D eigenvalue weighted by atomic mass is 16.1. The Morgan fingerprint density at radius 3 is 2.16 bits per heavy atom. The summed E-state index contributed by atoms with van der Waals surface area (Å²) in [6, 6.07) is 0. The monoisotopic (exact) mass is 426 g/mol. The third-order valence-corrected chi connectivity index (χ3v) is 13.1. The predicted octanol–water partition coefficient (Wildman–Crippen LogP) is 7.25. The van der Waals surface area contributed by atoms with Gasteiger partial charge in [0.1, 0.15) is 11.6 Å². The van der Waals surface area contributed by atoms with Gasteiger partial charge in [0, 0.05) is 17.8 Å². The molecule has 9 atom stereocenters. The van der Waals surface area contributed by atoms with Crippen LogP contribution < -0.4 is 0 Å². The molecule has 0 aliphatic heterocycles. The largest absolute Gasteiger partial charge is 0.300 e. The molecule has 0 unspecified atom stereocenters. The summed E-state index contributed by atoms with van der Waals surface area (Å²) in [5.41, 5.74) is 1.17. The lowest BCUT2D eigenvalue weighted by molar-refractivity contribution is -0.233. The van der Waals surface area contributed by atoms with Crippen molar-refractivity contribution in [2.45, 2.75) is 113 Å². The lowest BCUT2D eigenvalue weighted by Gasteiger charge is -2.72. The predicted molar refractivity (Wildman–Crippen MR) is 126 cm³/mol. The van der Waals surface area contributed by atoms with Gasteiger partial charge in [-0.3, -0.25) is 9.59 Å². The zero-order valence-electron chi connectivity index (χ0n) is 21.3. The molecule has 5 rings (SSSR count). The van der Waals surface area contributed by atoms with Crippen molar-refractivity contribution < 1.29 is 9.59 Å². The summed E-state index contributed by atoms with van der Waals surface area (Å²) in [6.07, 6.45) is 12.0. The van der Waals surface area contributed by atoms with Gasteiger partial charge in [-0.2, -0.15) is 0 Å². The zero-order valence-corrected chi connectivity index (χ0v) is 21.3. The van der Waals surface area contributed by atoms with Crippen LogP contribution in [0.3, 0.4) is 0 Å². The van der Waals surface area contributed by atoms with E-state index in [1.165, 1.54) is 44.9 Å². The molecule has 0 radical (unpaired) electrons. The van der Waals surface area contributed by atoms with Crippen molar-refractivity contribution in [1.82, 2.24) is 0 Å². The Morgan fingerprint density at radius 1 is 0.774 bits per heavy atom. The van der Waals surface area contributed by atoms with Gasteiger partial charge >= 0.3 is 0 Å². The third kappa shape index (κ3) is 2.57. The molecule has 0 aromatic carbocycles. The summed E-state index contributed by atoms with van der Waals surface area (Å²) >= 11 is 0. The van der Waals surface area contributed by atoms with Crippen LogP contribution in [0.15, 0.2) is 0 Å². The number of ketones is 2. The topological polar surface area (TPSA) is 34.1 Å². The Labute approximate surface area is 190 Å². The van der Waals surface area contributed by atoms with Crippen LogP contribution in [-0.4, -0.2) is 11.6 Å². The molecule has 0 N–H and O–H groups in total. The molecule has 5 fully saturated rings. The second-order valence-electron chi connectivity index (χ2n) is 14.2. The summed E-state index contributed by atoms with van der Waals surface area (Å²) in [4.78, 5) is 25.6. The minimum atomic E-state index is -0.164. The van der Waals surface area contributed by atoms with Gasteiger partial charge in [0.25, 0.3) is 0 Å². The molecular weight excluding hydrogens is 380 g/mol. The number of rotatable bonds is 1. The Morgan fingerprint density at radius 2 is 1.48 bits per heavy atom. The highest BCUT2D eigenvalue weighted by molar-refractivity contribution is 5.85. The fraction of sp³-hybridized carbons (Fsp3) is 0.931. The highest BCUT2D eigenvalue weighted by Gasteiger charge is 2.70. The molecule has 0 amide bonds. The maximum absolute atomic E-state index is 12.9. The molecule has 0 bridgehead atoms. The van der Waals surface area contributed by atoms with Crippen LogP contribution in [0.4, 0.5) is 0 Å². The molecule has 0 saturated heterocycles. The van der Waals surface area contributed by atoms with Crippen molar-refractivity contribution in [2.75, 3.05) is 0 Å². The fourth-order valence-electron chi connectivity index (χ4n) is 11.2. The van der Waals surface area contributed by atoms with Gasteiger partial charge in [-0.1, -0.05) is 41.5 Å². The SMILES string of the molecule is CC(=O)[C@@H]1CC[C@]2(C)CC[C@]3(C)[C@H](CC[C@@H]4[C@@]5(C)CCC(=O)C(C)(C)[C@@H]5CC[C@]43C)[C@@H]12. The van der Waals surface area contributed by atoms with Gasteiger partial charge in [-0.25, -0.2) is 0 Å². The van der Waals surface area contributed by atoms with Crippen molar-refractivity contribution >= 4 is 11.6 Å². The number of carbonyl (C=O) groups excluding carboxylic acids is 2. The van der Waals surface area contributed by atoms with Crippen LogP contribution in [0.2, 0.25) is 0 Å². The number of fused-ring (bicyclic) bond motifs is 7. The van der Waals surface area contributed by atoms with E-state index in [9.17, 15) is 9.59 Å². The number of hydrogen-bond donors (Lipinski definition) is 0. The van der Waals surface area contributed by atoms with Gasteiger partial charge < -0.3 is 0 Å². The first-order valence-corrected chi connectivity index (χ1v) is 13.3. The molecule has 0 aromatic rings. The Balaban J connectivity index is 1.55. The van der Waals surface area contributed by atoms with E-state index in [4.69, 9.17) is 0 Å². The number of Topliss-reactive ketones (excluding diaryl/α,β-unsaturated/α-hetero) is 2. The second kappa shape index (κ2) is 6.47. The van der Waals surface area contributed by atoms with Gasteiger partial charge in [-0.05, 0) is 110 Å². The van der Waals surface area contributed by atoms with Gasteiger partial charge in [0.15, 0.2) is 0 Å². The maximum Gasteiger partial charge on any atom is 0.138 e. The van der Waals surface area contributed by atoms with Gasteiger partial charge in [-0.15, -0.1) is 0 Å². The highest BCUT2D eigenvalue weighted by Crippen LogP contribution is 2.77. The Kier molecular flexibility index (Phi) is 4.62. The summed E-state index contributed by atoms with van der Waals surface area (Å²) in [6.45, 7) is 16.7. The second-order valence-corrected chi connectivity index (χ2v) is 14.2. The molecule has 31 heavy (non-hydrogen) atoms. The minimum Gasteiger partial charge on any atom is -0.300 e. The summed E-state index contributed by atoms with van der Waals surface area (Å²) in [5, 5.41) is 0. The van der Waals surface area contributed by atoms with Crippen LogP contribution >= 0.6 is 0 Å². The van der Waals surface area contributed by atoms with Crippen LogP contribution in [0.1, 0.15) is 113 Å². The molecule has 2 nitrogen and oxygen atoms in total. The summed E-state index contributed by atoms with van der Waals surface area (Å²) in [5.74, 6) is 3.79. The Bertz CT molecular complexity index is 812. The van der Waals surface area contributed by atoms with Crippen molar-refractivity contribution in [1.29, 1.82) is 0 Å². The standard InChI is InChI=1S/C29H46O2/c1-18(30)19-10-13-26(4)16-17-28(6)20(24(19)26)8-9-22-27(5)14-12-23(31)25(2,3)21(27)11-15-29(22,28)7/h19-22,24H,8-17H2,1-7H3/t19-,20+,21-,22+,24+,26+,27-,28+,29+/m0/s1. The molecular formula is C29H46O2. The molecule has 2 heteroatoms. The lowest BCUT2D eigenvalue weighted by Crippen LogP contribution is -2.66. The maximum atomic E-state index is 12.9. The summed E-state index contributed by atoms with van der Waals surface area (Å²) in [7, 11) is 0. The summed E-state index contributed by atoms with van der Waals surface area (Å²) < 4.78 is 0. The molecule has 5 saturated carbocycles. The van der Waals surface area contributed by atoms with E-state index in [-0.39, 0.29) is 10.8 Å². The van der Waals surface area contributed by atoms with E-state index < -0.39 is 0 Å². The van der Waals surface area contributed by atoms with Crippen LogP contribution in [0, 0.1) is 56.7 Å². The normalized spacial score (nSPS) is 55.6. The number of carbonyl (C=O) groups is 2. The third-order valence-electron chi connectivity index (χ3n) is 13.1. The van der Waals surface area contributed by atoms with Crippen molar-refractivity contribution in [3.63, 3.8) is 0 Å². The van der Waals surface area contributed by atoms with E-state index in [0.717, 1.165) is 19.3 Å². The molecule has 0 spiro atoms. The van der Waals surface area contributed by atoms with E-state index in [1.54, 1.807) is 0 Å². The van der Waals surface area contributed by atoms with Crippen LogP contribution in [-0.2, 0) is 9.59 Å². The van der Waals surface area contributed by atoms with Crippen molar-refractivity contribution in [3.8, 4) is 0 Å². The Hall–Kier alpha value is -0.660. The van der Waals surface area contributed by atoms with Crippen LogP contribution in [0.5, 0.6) is 0 Å². The first-order valence-electron chi connectivity index (χ1n) is 13.3. The van der Waals surface area contributed by atoms with E-state index in [2.05, 4.69) is 41.5 Å². The first-order chi connectivity index (χ1) is 14.3. The number of hydrogen-bond acceptors (Lipinski definition) is 2. The fourth-order valence-corrected chi connectivity index (χ4v) is 11.2. The average Bonchev–Trinajstić information content (AvgIpc) is 3.04. The van der Waals surface area contributed by atoms with Gasteiger partial charge in [0.2, 0.25) is 0 Å². The average molecular weight is 427 g/mol.